The minimum Gasteiger partial charge on any atom is -0.461 e. The number of para-hydroxylation sites is 1. The highest BCUT2D eigenvalue weighted by molar-refractivity contribution is 6.00. The first-order valence-electron chi connectivity index (χ1n) is 5.49. The molecule has 5 heteroatoms. The molecule has 5 nitrogen and oxygen atoms in total. The zero-order valence-electron chi connectivity index (χ0n) is 10.1. The minimum atomic E-state index is -0.563. The summed E-state index contributed by atoms with van der Waals surface area (Å²) >= 11 is 0. The van der Waals surface area contributed by atoms with Crippen molar-refractivity contribution in [1.82, 2.24) is 4.73 Å². The van der Waals surface area contributed by atoms with Gasteiger partial charge in [0.15, 0.2) is 5.69 Å². The molecule has 0 N–H and O–H groups in total. The van der Waals surface area contributed by atoms with Crippen LogP contribution in [0.3, 0.4) is 0 Å². The normalized spacial score (nSPS) is 10.1. The van der Waals surface area contributed by atoms with Crippen LogP contribution in [0.4, 0.5) is 0 Å². The van der Waals surface area contributed by atoms with Crippen molar-refractivity contribution in [2.24, 2.45) is 0 Å². The average molecular weight is 244 g/mol. The van der Waals surface area contributed by atoms with Gasteiger partial charge in [-0.05, 0) is 13.0 Å². The molecule has 0 aliphatic carbocycles. The van der Waals surface area contributed by atoms with E-state index < -0.39 is 5.97 Å². The van der Waals surface area contributed by atoms with Crippen LogP contribution in [0.5, 0.6) is 0 Å². The number of carbonyl (C=O) groups is 1. The number of esters is 1. The summed E-state index contributed by atoms with van der Waals surface area (Å²) in [5.74, 6) is -0.563. The highest BCUT2D eigenvalue weighted by Gasteiger charge is 2.24. The van der Waals surface area contributed by atoms with Crippen molar-refractivity contribution >= 4 is 16.9 Å². The highest BCUT2D eigenvalue weighted by Crippen LogP contribution is 2.25. The van der Waals surface area contributed by atoms with E-state index in [0.29, 0.717) is 10.9 Å². The zero-order valence-corrected chi connectivity index (χ0v) is 10.1. The first-order chi connectivity index (χ1) is 8.74. The van der Waals surface area contributed by atoms with Crippen LogP contribution in [-0.2, 0) is 4.74 Å². The molecule has 0 saturated heterocycles. The van der Waals surface area contributed by atoms with Gasteiger partial charge < -0.3 is 9.57 Å². The standard InChI is InChI=1S/C13H12N2O3/c1-3-18-13(16)12-10(8-14)9-6-4-5-7-11(9)15(12)17-2/h4-7H,3H2,1-2H3. The summed E-state index contributed by atoms with van der Waals surface area (Å²) < 4.78 is 6.28. The number of carbonyl (C=O) groups excluding carboxylic acids is 1. The Hall–Kier alpha value is -2.48. The van der Waals surface area contributed by atoms with Crippen molar-refractivity contribution < 1.29 is 14.4 Å². The molecule has 1 heterocycles. The summed E-state index contributed by atoms with van der Waals surface area (Å²) in [7, 11) is 1.44. The fourth-order valence-electron chi connectivity index (χ4n) is 1.90. The topological polar surface area (TPSA) is 64.2 Å². The summed E-state index contributed by atoms with van der Waals surface area (Å²) in [4.78, 5) is 17.1. The molecule has 1 aromatic heterocycles. The monoisotopic (exact) mass is 244 g/mol. The van der Waals surface area contributed by atoms with Gasteiger partial charge in [0, 0.05) is 5.39 Å². The van der Waals surface area contributed by atoms with Gasteiger partial charge in [-0.1, -0.05) is 18.2 Å². The molecule has 2 rings (SSSR count). The summed E-state index contributed by atoms with van der Waals surface area (Å²) in [6.07, 6.45) is 0. The molecule has 92 valence electrons. The summed E-state index contributed by atoms with van der Waals surface area (Å²) in [5, 5.41) is 9.89. The van der Waals surface area contributed by atoms with Crippen LogP contribution in [0, 0.1) is 11.3 Å². The van der Waals surface area contributed by atoms with Gasteiger partial charge >= 0.3 is 5.97 Å². The first kappa shape index (κ1) is 12.0. The van der Waals surface area contributed by atoms with Gasteiger partial charge in [0.2, 0.25) is 0 Å². The second-order valence-corrected chi connectivity index (χ2v) is 3.55. The van der Waals surface area contributed by atoms with E-state index in [4.69, 9.17) is 9.57 Å². The summed E-state index contributed by atoms with van der Waals surface area (Å²) in [5.41, 5.74) is 1.06. The van der Waals surface area contributed by atoms with Crippen LogP contribution >= 0.6 is 0 Å². The molecule has 0 unspecified atom stereocenters. The van der Waals surface area contributed by atoms with Crippen molar-refractivity contribution in [3.8, 4) is 6.07 Å². The Labute approximate surface area is 104 Å². The maximum absolute atomic E-state index is 11.9. The molecule has 0 bridgehead atoms. The Kier molecular flexibility index (Phi) is 3.20. The third-order valence-corrected chi connectivity index (χ3v) is 2.60. The van der Waals surface area contributed by atoms with Crippen molar-refractivity contribution in [1.29, 1.82) is 5.26 Å². The molecule has 0 aliphatic heterocycles. The van der Waals surface area contributed by atoms with E-state index in [1.165, 1.54) is 11.8 Å². The second kappa shape index (κ2) is 4.80. The first-order valence-corrected chi connectivity index (χ1v) is 5.49. The summed E-state index contributed by atoms with van der Waals surface area (Å²) in [6.45, 7) is 1.96. The third kappa shape index (κ3) is 1.68. The molecular weight excluding hydrogens is 232 g/mol. The van der Waals surface area contributed by atoms with Gasteiger partial charge in [0.05, 0.1) is 17.7 Å². The van der Waals surface area contributed by atoms with Crippen molar-refractivity contribution in [3.05, 3.63) is 35.5 Å². The zero-order chi connectivity index (χ0) is 13.1. The molecule has 0 atom stereocenters. The molecule has 0 spiro atoms. The largest absolute Gasteiger partial charge is 0.461 e. The number of nitriles is 1. The quantitative estimate of drug-likeness (QED) is 0.771. The highest BCUT2D eigenvalue weighted by atomic mass is 16.6. The Morgan fingerprint density at radius 3 is 2.78 bits per heavy atom. The van der Waals surface area contributed by atoms with Gasteiger partial charge in [-0.15, -0.1) is 0 Å². The van der Waals surface area contributed by atoms with Gasteiger partial charge in [0.25, 0.3) is 0 Å². The molecule has 0 fully saturated rings. The van der Waals surface area contributed by atoms with Gasteiger partial charge in [-0.2, -0.15) is 9.99 Å². The number of nitrogens with zero attached hydrogens (tertiary/aromatic N) is 2. The Bertz CT molecular complexity index is 637. The van der Waals surface area contributed by atoms with E-state index in [-0.39, 0.29) is 17.9 Å². The van der Waals surface area contributed by atoms with Gasteiger partial charge in [0.1, 0.15) is 13.2 Å². The van der Waals surface area contributed by atoms with E-state index >= 15 is 0 Å². The Balaban J connectivity index is 2.78. The molecule has 1 aromatic carbocycles. The Morgan fingerprint density at radius 2 is 2.17 bits per heavy atom. The van der Waals surface area contributed by atoms with E-state index in [1.807, 2.05) is 12.1 Å². The van der Waals surface area contributed by atoms with Gasteiger partial charge in [-0.3, -0.25) is 0 Å². The van der Waals surface area contributed by atoms with Crippen molar-refractivity contribution in [2.45, 2.75) is 6.92 Å². The van der Waals surface area contributed by atoms with Gasteiger partial charge in [-0.25, -0.2) is 4.79 Å². The predicted octanol–water partition coefficient (Wildman–Crippen LogP) is 1.75. The number of hydrogen-bond donors (Lipinski definition) is 0. The molecule has 0 aliphatic rings. The SMILES string of the molecule is CCOC(=O)c1c(C#N)c2ccccc2n1OC. The molecular formula is C13H12N2O3. The number of rotatable bonds is 3. The van der Waals surface area contributed by atoms with Crippen LogP contribution in [0.25, 0.3) is 10.9 Å². The van der Waals surface area contributed by atoms with Crippen LogP contribution in [-0.4, -0.2) is 24.4 Å². The summed E-state index contributed by atoms with van der Waals surface area (Å²) in [6, 6.07) is 9.20. The van der Waals surface area contributed by atoms with Crippen LogP contribution in [0.2, 0.25) is 0 Å². The Morgan fingerprint density at radius 1 is 1.44 bits per heavy atom. The van der Waals surface area contributed by atoms with Crippen LogP contribution in [0.15, 0.2) is 24.3 Å². The maximum Gasteiger partial charge on any atom is 0.359 e. The van der Waals surface area contributed by atoms with E-state index in [2.05, 4.69) is 0 Å². The fourth-order valence-corrected chi connectivity index (χ4v) is 1.90. The minimum absolute atomic E-state index is 0.128. The number of fused-ring (bicyclic) bond motifs is 1. The third-order valence-electron chi connectivity index (χ3n) is 2.60. The van der Waals surface area contributed by atoms with E-state index in [1.54, 1.807) is 25.1 Å². The number of benzene rings is 1. The number of ether oxygens (including phenoxy) is 1. The maximum atomic E-state index is 11.9. The smallest absolute Gasteiger partial charge is 0.359 e. The molecule has 18 heavy (non-hydrogen) atoms. The lowest BCUT2D eigenvalue weighted by Crippen LogP contribution is -2.17. The lowest BCUT2D eigenvalue weighted by Gasteiger charge is -2.07. The van der Waals surface area contributed by atoms with E-state index in [9.17, 15) is 10.1 Å². The van der Waals surface area contributed by atoms with Crippen molar-refractivity contribution in [3.63, 3.8) is 0 Å². The number of hydrogen-bond acceptors (Lipinski definition) is 4. The lowest BCUT2D eigenvalue weighted by molar-refractivity contribution is 0.0476. The number of aromatic nitrogens is 1. The van der Waals surface area contributed by atoms with Crippen molar-refractivity contribution in [2.75, 3.05) is 13.7 Å². The van der Waals surface area contributed by atoms with Crippen LogP contribution in [0.1, 0.15) is 23.0 Å². The fraction of sp³-hybridized carbons (Fsp3) is 0.231. The second-order valence-electron chi connectivity index (χ2n) is 3.55. The lowest BCUT2D eigenvalue weighted by atomic mass is 10.1. The van der Waals surface area contributed by atoms with E-state index in [0.717, 1.165) is 0 Å². The molecule has 0 radical (unpaired) electrons. The molecule has 0 amide bonds. The molecule has 2 aromatic rings. The average Bonchev–Trinajstić information content (AvgIpc) is 2.72. The molecule has 0 saturated carbocycles. The predicted molar refractivity (Wildman–Crippen MR) is 65.1 cm³/mol. The van der Waals surface area contributed by atoms with Crippen LogP contribution < -0.4 is 4.84 Å².